The van der Waals surface area contributed by atoms with Gasteiger partial charge < -0.3 is 9.47 Å². The number of benzene rings is 1. The standard InChI is InChI=1S/C27H35N5/c1-30-15-5-7-20(17-30)18-32-24-11-3-2-10-23(24)29-25(32)19-31-16-6-9-22-13-12-21-8-4-14-28-26(21)27(22)31/h2-4,8,10-11,14,20,22,27H,5-7,9,12-13,15-19H2,1H3. The highest BCUT2D eigenvalue weighted by atomic mass is 15.2. The minimum atomic E-state index is 0.447. The Morgan fingerprint density at radius 2 is 1.91 bits per heavy atom. The van der Waals surface area contributed by atoms with E-state index < -0.39 is 0 Å². The topological polar surface area (TPSA) is 37.2 Å². The summed E-state index contributed by atoms with van der Waals surface area (Å²) in [6, 6.07) is 13.6. The van der Waals surface area contributed by atoms with Crippen molar-refractivity contribution in [3.05, 3.63) is 59.7 Å². The lowest BCUT2D eigenvalue weighted by Gasteiger charge is -2.44. The molecule has 0 radical (unpaired) electrons. The summed E-state index contributed by atoms with van der Waals surface area (Å²) in [5.41, 5.74) is 5.23. The zero-order valence-corrected chi connectivity index (χ0v) is 19.3. The molecule has 3 aliphatic rings. The van der Waals surface area contributed by atoms with E-state index in [0.717, 1.165) is 31.1 Å². The van der Waals surface area contributed by atoms with Gasteiger partial charge in [0.2, 0.25) is 0 Å². The molecule has 2 fully saturated rings. The summed E-state index contributed by atoms with van der Waals surface area (Å²) in [5.74, 6) is 2.68. The molecule has 5 nitrogen and oxygen atoms in total. The molecule has 3 atom stereocenters. The number of hydrogen-bond acceptors (Lipinski definition) is 4. The number of imidazole rings is 1. The van der Waals surface area contributed by atoms with Crippen LogP contribution in [0.1, 0.15) is 55.2 Å². The maximum absolute atomic E-state index is 5.17. The molecule has 0 amide bonds. The number of para-hydroxylation sites is 2. The number of piperidine rings is 2. The smallest absolute Gasteiger partial charge is 0.124 e. The first-order valence-corrected chi connectivity index (χ1v) is 12.6. The summed E-state index contributed by atoms with van der Waals surface area (Å²) in [6.45, 7) is 5.58. The van der Waals surface area contributed by atoms with E-state index in [-0.39, 0.29) is 0 Å². The van der Waals surface area contributed by atoms with Gasteiger partial charge in [-0.05, 0) is 94.3 Å². The second-order valence-electron chi connectivity index (χ2n) is 10.3. The van der Waals surface area contributed by atoms with Gasteiger partial charge >= 0.3 is 0 Å². The average molecular weight is 430 g/mol. The van der Waals surface area contributed by atoms with Crippen molar-refractivity contribution < 1.29 is 0 Å². The van der Waals surface area contributed by atoms with Gasteiger partial charge in [-0.1, -0.05) is 18.2 Å². The van der Waals surface area contributed by atoms with Gasteiger partial charge in [-0.15, -0.1) is 0 Å². The minimum absolute atomic E-state index is 0.447. The van der Waals surface area contributed by atoms with E-state index >= 15 is 0 Å². The Hall–Kier alpha value is -2.24. The van der Waals surface area contributed by atoms with Crippen LogP contribution in [0.2, 0.25) is 0 Å². The van der Waals surface area contributed by atoms with Gasteiger partial charge in [0.25, 0.3) is 0 Å². The summed E-state index contributed by atoms with van der Waals surface area (Å²) in [7, 11) is 2.26. The molecular formula is C27H35N5. The summed E-state index contributed by atoms with van der Waals surface area (Å²) < 4.78 is 2.55. The van der Waals surface area contributed by atoms with Crippen molar-refractivity contribution >= 4 is 11.0 Å². The van der Waals surface area contributed by atoms with E-state index in [9.17, 15) is 0 Å². The maximum Gasteiger partial charge on any atom is 0.124 e. The summed E-state index contributed by atoms with van der Waals surface area (Å²) in [4.78, 5) is 15.3. The molecule has 2 aromatic heterocycles. The van der Waals surface area contributed by atoms with Gasteiger partial charge in [-0.25, -0.2) is 4.98 Å². The Balaban J connectivity index is 1.33. The molecule has 1 aliphatic carbocycles. The lowest BCUT2D eigenvalue weighted by Crippen LogP contribution is -2.42. The van der Waals surface area contributed by atoms with Crippen LogP contribution in [0.4, 0.5) is 0 Å². The van der Waals surface area contributed by atoms with Crippen molar-refractivity contribution in [2.75, 3.05) is 26.7 Å². The Labute approximate surface area is 191 Å². The van der Waals surface area contributed by atoms with Crippen molar-refractivity contribution in [1.82, 2.24) is 24.3 Å². The molecule has 2 aliphatic heterocycles. The molecule has 6 rings (SSSR count). The van der Waals surface area contributed by atoms with E-state index in [4.69, 9.17) is 9.97 Å². The molecule has 0 N–H and O–H groups in total. The van der Waals surface area contributed by atoms with Crippen LogP contribution in [0.3, 0.4) is 0 Å². The number of hydrogen-bond donors (Lipinski definition) is 0. The monoisotopic (exact) mass is 429 g/mol. The highest BCUT2D eigenvalue weighted by Crippen LogP contribution is 2.43. The lowest BCUT2D eigenvalue weighted by atomic mass is 9.77. The number of aromatic nitrogens is 3. The quantitative estimate of drug-likeness (QED) is 0.604. The van der Waals surface area contributed by atoms with E-state index in [1.54, 1.807) is 0 Å². The molecule has 5 heteroatoms. The lowest BCUT2D eigenvalue weighted by molar-refractivity contribution is 0.0659. The molecule has 2 saturated heterocycles. The van der Waals surface area contributed by atoms with E-state index in [1.165, 1.54) is 74.2 Å². The second-order valence-corrected chi connectivity index (χ2v) is 10.3. The van der Waals surface area contributed by atoms with Gasteiger partial charge in [0.05, 0.1) is 29.3 Å². The Kier molecular flexibility index (Phi) is 5.48. The Morgan fingerprint density at radius 1 is 1.00 bits per heavy atom. The van der Waals surface area contributed by atoms with E-state index in [1.807, 2.05) is 6.20 Å². The zero-order valence-electron chi connectivity index (χ0n) is 19.3. The van der Waals surface area contributed by atoms with Crippen LogP contribution in [-0.4, -0.2) is 51.0 Å². The first kappa shape index (κ1) is 20.4. The van der Waals surface area contributed by atoms with Crippen molar-refractivity contribution in [3.63, 3.8) is 0 Å². The van der Waals surface area contributed by atoms with Crippen LogP contribution >= 0.6 is 0 Å². The third kappa shape index (κ3) is 3.75. The van der Waals surface area contributed by atoms with Gasteiger partial charge in [-0.3, -0.25) is 9.88 Å². The number of fused-ring (bicyclic) bond motifs is 4. The van der Waals surface area contributed by atoms with Crippen molar-refractivity contribution in [2.24, 2.45) is 11.8 Å². The zero-order chi connectivity index (χ0) is 21.5. The van der Waals surface area contributed by atoms with Crippen molar-refractivity contribution in [1.29, 1.82) is 0 Å². The van der Waals surface area contributed by atoms with Crippen LogP contribution < -0.4 is 0 Å². The third-order valence-electron chi connectivity index (χ3n) is 8.09. The van der Waals surface area contributed by atoms with Gasteiger partial charge in [0, 0.05) is 19.3 Å². The molecule has 1 aromatic carbocycles. The number of likely N-dealkylation sites (tertiary alicyclic amines) is 2. The maximum atomic E-state index is 5.17. The van der Waals surface area contributed by atoms with Gasteiger partial charge in [0.15, 0.2) is 0 Å². The van der Waals surface area contributed by atoms with Crippen LogP contribution in [0.5, 0.6) is 0 Å². The summed E-state index contributed by atoms with van der Waals surface area (Å²) in [6.07, 6.45) is 9.72. The summed E-state index contributed by atoms with van der Waals surface area (Å²) in [5, 5.41) is 0. The number of rotatable bonds is 4. The molecule has 3 aromatic rings. The number of pyridine rings is 1. The molecule has 4 heterocycles. The van der Waals surface area contributed by atoms with Crippen LogP contribution in [-0.2, 0) is 19.5 Å². The molecule has 0 bridgehead atoms. The van der Waals surface area contributed by atoms with Crippen molar-refractivity contribution in [3.8, 4) is 0 Å². The molecule has 168 valence electrons. The molecule has 3 unspecified atom stereocenters. The van der Waals surface area contributed by atoms with Gasteiger partial charge in [0.1, 0.15) is 5.82 Å². The number of aryl methyl sites for hydroxylation is 1. The third-order valence-corrected chi connectivity index (χ3v) is 8.09. The predicted molar refractivity (Wildman–Crippen MR) is 128 cm³/mol. The average Bonchev–Trinajstić information content (AvgIpc) is 3.16. The fourth-order valence-corrected chi connectivity index (χ4v) is 6.61. The minimum Gasteiger partial charge on any atom is -0.327 e. The normalized spacial score (nSPS) is 26.7. The van der Waals surface area contributed by atoms with E-state index in [2.05, 4.69) is 57.8 Å². The first-order valence-electron chi connectivity index (χ1n) is 12.6. The van der Waals surface area contributed by atoms with Crippen LogP contribution in [0, 0.1) is 11.8 Å². The second kappa shape index (κ2) is 8.60. The Bertz CT molecular complexity index is 1090. The Morgan fingerprint density at radius 3 is 2.84 bits per heavy atom. The molecule has 32 heavy (non-hydrogen) atoms. The molecule has 0 spiro atoms. The van der Waals surface area contributed by atoms with Gasteiger partial charge in [-0.2, -0.15) is 0 Å². The first-order chi connectivity index (χ1) is 15.8. The highest BCUT2D eigenvalue weighted by molar-refractivity contribution is 5.75. The fourth-order valence-electron chi connectivity index (χ4n) is 6.61. The van der Waals surface area contributed by atoms with Crippen LogP contribution in [0.25, 0.3) is 11.0 Å². The predicted octanol–water partition coefficient (Wildman–Crippen LogP) is 4.67. The fraction of sp³-hybridized carbons (Fsp3) is 0.556. The van der Waals surface area contributed by atoms with Crippen LogP contribution in [0.15, 0.2) is 42.6 Å². The molecule has 0 saturated carbocycles. The SMILES string of the molecule is CN1CCCC(Cn2c(CN3CCCC4CCc5cccnc5C43)nc3ccccc32)C1. The van der Waals surface area contributed by atoms with E-state index in [0.29, 0.717) is 12.0 Å². The highest BCUT2D eigenvalue weighted by Gasteiger charge is 2.38. The largest absolute Gasteiger partial charge is 0.327 e. The molecular weight excluding hydrogens is 394 g/mol. The summed E-state index contributed by atoms with van der Waals surface area (Å²) >= 11 is 0. The number of nitrogens with zero attached hydrogens (tertiary/aromatic N) is 5. The van der Waals surface area contributed by atoms with Crippen molar-refractivity contribution in [2.45, 2.75) is 57.7 Å².